The molecule has 0 aliphatic carbocycles. The molecule has 29 heavy (non-hydrogen) atoms. The van der Waals surface area contributed by atoms with Gasteiger partial charge in [-0.15, -0.1) is 0 Å². The SMILES string of the molecule is [CH2]CCC=CC(C)CCCCCCCCCCCCCCCC(CC)CCC[CH2]. The van der Waals surface area contributed by atoms with Crippen molar-refractivity contribution >= 4 is 0 Å². The lowest BCUT2D eigenvalue weighted by Crippen LogP contribution is -1.98. The molecule has 0 saturated carbocycles. The Morgan fingerprint density at radius 3 is 1.48 bits per heavy atom. The van der Waals surface area contributed by atoms with E-state index in [9.17, 15) is 0 Å². The van der Waals surface area contributed by atoms with Gasteiger partial charge in [-0.3, -0.25) is 0 Å². The van der Waals surface area contributed by atoms with Crippen LogP contribution in [0.5, 0.6) is 0 Å². The third-order valence-corrected chi connectivity index (χ3v) is 6.55. The van der Waals surface area contributed by atoms with E-state index in [1.807, 2.05) is 0 Å². The standard InChI is InChI=1S/C29H56/c1-5-8-21-24-28(4)25-22-19-17-15-13-11-10-12-14-16-18-20-23-27-29(7-3)26-9-6-2/h21,24,28-29H,1-2,5-20,22-23,25-27H2,3-4H3. The van der Waals surface area contributed by atoms with Crippen LogP contribution in [0.2, 0.25) is 0 Å². The Bertz CT molecular complexity index is 316. The van der Waals surface area contributed by atoms with Crippen LogP contribution in [-0.4, -0.2) is 0 Å². The summed E-state index contributed by atoms with van der Waals surface area (Å²) in [6, 6.07) is 0. The van der Waals surface area contributed by atoms with Crippen molar-refractivity contribution < 1.29 is 0 Å². The average molecular weight is 405 g/mol. The Morgan fingerprint density at radius 1 is 0.586 bits per heavy atom. The quantitative estimate of drug-likeness (QED) is 0.117. The maximum absolute atomic E-state index is 3.98. The largest absolute Gasteiger partial charge is 0.0883 e. The number of allylic oxidation sites excluding steroid dienone is 2. The zero-order valence-electron chi connectivity index (χ0n) is 20.6. The average Bonchev–Trinajstić information content (AvgIpc) is 2.73. The summed E-state index contributed by atoms with van der Waals surface area (Å²) in [6.45, 7) is 12.6. The molecular weight excluding hydrogens is 348 g/mol. The van der Waals surface area contributed by atoms with Gasteiger partial charge in [0.1, 0.15) is 0 Å². The fourth-order valence-electron chi connectivity index (χ4n) is 4.37. The van der Waals surface area contributed by atoms with E-state index >= 15 is 0 Å². The van der Waals surface area contributed by atoms with Gasteiger partial charge in [0.15, 0.2) is 0 Å². The van der Waals surface area contributed by atoms with Crippen molar-refractivity contribution in [3.63, 3.8) is 0 Å². The molecule has 2 unspecified atom stereocenters. The minimum Gasteiger partial charge on any atom is -0.0883 e. The van der Waals surface area contributed by atoms with Crippen LogP contribution in [0.4, 0.5) is 0 Å². The van der Waals surface area contributed by atoms with Crippen molar-refractivity contribution in [2.24, 2.45) is 11.8 Å². The summed E-state index contributed by atoms with van der Waals surface area (Å²) in [5.74, 6) is 1.73. The van der Waals surface area contributed by atoms with Crippen molar-refractivity contribution in [1.29, 1.82) is 0 Å². The van der Waals surface area contributed by atoms with E-state index in [-0.39, 0.29) is 0 Å². The predicted octanol–water partition coefficient (Wildman–Crippen LogP) is 10.7. The van der Waals surface area contributed by atoms with Crippen LogP contribution in [0.25, 0.3) is 0 Å². The normalized spacial score (nSPS) is 13.9. The maximum atomic E-state index is 3.98. The van der Waals surface area contributed by atoms with Crippen molar-refractivity contribution in [2.45, 2.75) is 149 Å². The lowest BCUT2D eigenvalue weighted by molar-refractivity contribution is 0.402. The van der Waals surface area contributed by atoms with Gasteiger partial charge in [-0.25, -0.2) is 0 Å². The highest BCUT2D eigenvalue weighted by atomic mass is 14.1. The molecular formula is C29H56. The predicted molar refractivity (Wildman–Crippen MR) is 135 cm³/mol. The molecule has 2 atom stereocenters. The molecule has 0 aromatic carbocycles. The van der Waals surface area contributed by atoms with Crippen LogP contribution in [-0.2, 0) is 0 Å². The monoisotopic (exact) mass is 404 g/mol. The molecule has 0 fully saturated rings. The molecule has 0 rings (SSSR count). The van der Waals surface area contributed by atoms with Gasteiger partial charge in [0.25, 0.3) is 0 Å². The zero-order valence-corrected chi connectivity index (χ0v) is 20.6. The Labute approximate surface area is 186 Å². The van der Waals surface area contributed by atoms with E-state index in [0.29, 0.717) is 0 Å². The molecule has 0 bridgehead atoms. The molecule has 0 aliphatic heterocycles. The lowest BCUT2D eigenvalue weighted by atomic mass is 9.93. The summed E-state index contributed by atoms with van der Waals surface area (Å²) >= 11 is 0. The maximum Gasteiger partial charge on any atom is -0.0262 e. The first kappa shape index (κ1) is 28.7. The molecule has 0 nitrogen and oxygen atoms in total. The van der Waals surface area contributed by atoms with Crippen LogP contribution in [0, 0.1) is 25.7 Å². The highest BCUT2D eigenvalue weighted by Crippen LogP contribution is 2.21. The molecule has 0 heterocycles. The summed E-state index contributed by atoms with van der Waals surface area (Å²) in [5, 5.41) is 0. The van der Waals surface area contributed by atoms with Gasteiger partial charge in [0.2, 0.25) is 0 Å². The smallest absolute Gasteiger partial charge is 0.0262 e. The van der Waals surface area contributed by atoms with Gasteiger partial charge in [-0.05, 0) is 31.1 Å². The number of unbranched alkanes of at least 4 members (excludes halogenated alkanes) is 14. The molecule has 0 N–H and O–H groups in total. The lowest BCUT2D eigenvalue weighted by Gasteiger charge is -2.13. The zero-order chi connectivity index (χ0) is 21.4. The van der Waals surface area contributed by atoms with Crippen molar-refractivity contribution in [3.05, 3.63) is 26.0 Å². The van der Waals surface area contributed by atoms with E-state index in [1.54, 1.807) is 0 Å². The minimum absolute atomic E-state index is 0.758. The third-order valence-electron chi connectivity index (χ3n) is 6.55. The Kier molecular flexibility index (Phi) is 23.8. The molecule has 0 saturated heterocycles. The van der Waals surface area contributed by atoms with Crippen LogP contribution in [0.1, 0.15) is 149 Å². The minimum atomic E-state index is 0.758. The molecule has 2 radical (unpaired) electrons. The van der Waals surface area contributed by atoms with E-state index in [0.717, 1.165) is 31.1 Å². The van der Waals surface area contributed by atoms with E-state index in [1.165, 1.54) is 116 Å². The first-order valence-electron chi connectivity index (χ1n) is 13.5. The molecule has 0 amide bonds. The molecule has 0 spiro atoms. The number of rotatable bonds is 23. The summed E-state index contributed by atoms with van der Waals surface area (Å²) in [6.07, 6.45) is 33.9. The highest BCUT2D eigenvalue weighted by Gasteiger charge is 2.05. The first-order chi connectivity index (χ1) is 14.2. The van der Waals surface area contributed by atoms with Gasteiger partial charge >= 0.3 is 0 Å². The highest BCUT2D eigenvalue weighted by molar-refractivity contribution is 4.86. The van der Waals surface area contributed by atoms with E-state index in [2.05, 4.69) is 39.8 Å². The molecule has 0 aliphatic rings. The van der Waals surface area contributed by atoms with Crippen molar-refractivity contribution in [1.82, 2.24) is 0 Å². The molecule has 0 aromatic rings. The van der Waals surface area contributed by atoms with Gasteiger partial charge in [-0.1, -0.05) is 155 Å². The van der Waals surface area contributed by atoms with Crippen LogP contribution in [0.3, 0.4) is 0 Å². The van der Waals surface area contributed by atoms with Crippen LogP contribution >= 0.6 is 0 Å². The second-order valence-electron chi connectivity index (χ2n) is 9.49. The third kappa shape index (κ3) is 22.3. The molecule has 0 aromatic heterocycles. The summed E-state index contributed by atoms with van der Waals surface area (Å²) in [5.41, 5.74) is 0. The Morgan fingerprint density at radius 2 is 1.03 bits per heavy atom. The topological polar surface area (TPSA) is 0 Å². The van der Waals surface area contributed by atoms with Gasteiger partial charge < -0.3 is 0 Å². The Balaban J connectivity index is 3.22. The second kappa shape index (κ2) is 24.0. The number of hydrogen-bond acceptors (Lipinski definition) is 0. The summed E-state index contributed by atoms with van der Waals surface area (Å²) < 4.78 is 0. The van der Waals surface area contributed by atoms with Gasteiger partial charge in [0, 0.05) is 0 Å². The van der Waals surface area contributed by atoms with Crippen LogP contribution < -0.4 is 0 Å². The van der Waals surface area contributed by atoms with Gasteiger partial charge in [-0.2, -0.15) is 0 Å². The summed E-state index contributed by atoms with van der Waals surface area (Å²) in [4.78, 5) is 0. The van der Waals surface area contributed by atoms with Crippen LogP contribution in [0.15, 0.2) is 12.2 Å². The molecule has 0 heteroatoms. The Hall–Kier alpha value is -0.260. The molecule has 172 valence electrons. The summed E-state index contributed by atoms with van der Waals surface area (Å²) in [7, 11) is 0. The fraction of sp³-hybridized carbons (Fsp3) is 0.862. The number of hydrogen-bond donors (Lipinski definition) is 0. The first-order valence-corrected chi connectivity index (χ1v) is 13.5. The van der Waals surface area contributed by atoms with Gasteiger partial charge in [0.05, 0.1) is 0 Å². The fourth-order valence-corrected chi connectivity index (χ4v) is 4.37. The van der Waals surface area contributed by atoms with Crippen molar-refractivity contribution in [2.75, 3.05) is 0 Å². The van der Waals surface area contributed by atoms with E-state index < -0.39 is 0 Å². The van der Waals surface area contributed by atoms with Crippen molar-refractivity contribution in [3.8, 4) is 0 Å². The van der Waals surface area contributed by atoms with E-state index in [4.69, 9.17) is 0 Å². The second-order valence-corrected chi connectivity index (χ2v) is 9.49.